The van der Waals surface area contributed by atoms with E-state index in [1.54, 1.807) is 32.2 Å². The highest BCUT2D eigenvalue weighted by molar-refractivity contribution is 7.14. The molecule has 0 spiro atoms. The molecule has 1 aromatic carbocycles. The van der Waals surface area contributed by atoms with Gasteiger partial charge in [-0.15, -0.1) is 11.3 Å². The Morgan fingerprint density at radius 2 is 2.00 bits per heavy atom. The lowest BCUT2D eigenvalue weighted by molar-refractivity contribution is -0.908. The van der Waals surface area contributed by atoms with Gasteiger partial charge in [0.1, 0.15) is 24.6 Å². The summed E-state index contributed by atoms with van der Waals surface area (Å²) in [5.41, 5.74) is 1.04. The van der Waals surface area contributed by atoms with E-state index in [1.165, 1.54) is 28.2 Å². The van der Waals surface area contributed by atoms with Crippen LogP contribution in [0.25, 0.3) is 0 Å². The third-order valence-electron chi connectivity index (χ3n) is 6.50. The van der Waals surface area contributed by atoms with Crippen molar-refractivity contribution >= 4 is 23.0 Å². The molecule has 35 heavy (non-hydrogen) atoms. The van der Waals surface area contributed by atoms with Gasteiger partial charge >= 0.3 is 0 Å². The molecule has 3 heterocycles. The Kier molecular flexibility index (Phi) is 7.73. The third kappa shape index (κ3) is 5.05. The summed E-state index contributed by atoms with van der Waals surface area (Å²) in [7, 11) is 3.06. The van der Waals surface area contributed by atoms with E-state index in [1.807, 2.05) is 6.92 Å². The normalized spacial score (nSPS) is 18.9. The number of rotatable bonds is 9. The number of Topliss-reactive ketones (excluding diaryl/α,β-unsaturated/α-hetero) is 1. The first kappa shape index (κ1) is 25.2. The number of quaternary nitrogens is 1. The predicted molar refractivity (Wildman–Crippen MR) is 128 cm³/mol. The molecule has 0 saturated carbocycles. The number of aryl methyl sites for hydroxylation is 2. The molecule has 188 valence electrons. The Morgan fingerprint density at radius 1 is 1.26 bits per heavy atom. The van der Waals surface area contributed by atoms with E-state index >= 15 is 0 Å². The van der Waals surface area contributed by atoms with Crippen molar-refractivity contribution in [3.8, 4) is 11.5 Å². The van der Waals surface area contributed by atoms with Gasteiger partial charge in [-0.3, -0.25) is 9.59 Å². The Bertz CT molecular complexity index is 1140. The number of nitrogens with zero attached hydrogens (tertiary/aromatic N) is 2. The Labute approximate surface area is 208 Å². The van der Waals surface area contributed by atoms with Crippen LogP contribution in [-0.4, -0.2) is 75.2 Å². The van der Waals surface area contributed by atoms with Crippen LogP contribution < -0.4 is 19.5 Å². The molecule has 0 radical (unpaired) electrons. The van der Waals surface area contributed by atoms with Crippen LogP contribution in [0.15, 0.2) is 29.5 Å². The van der Waals surface area contributed by atoms with Crippen molar-refractivity contribution in [1.82, 2.24) is 9.88 Å². The number of carbonyl (C=O) groups excluding carboxylic acids is 2. The first-order chi connectivity index (χ1) is 16.8. The minimum absolute atomic E-state index is 0.0629. The zero-order chi connectivity index (χ0) is 25.1. The molecule has 1 fully saturated rings. The molecule has 0 bridgehead atoms. The first-order valence-electron chi connectivity index (χ1n) is 11.7. The molecular formula is C25H31N3O6S. The molecule has 9 nitrogen and oxygen atoms in total. The van der Waals surface area contributed by atoms with E-state index in [2.05, 4.69) is 4.98 Å². The number of morpholine rings is 1. The summed E-state index contributed by atoms with van der Waals surface area (Å²) < 4.78 is 16.4. The Morgan fingerprint density at radius 3 is 2.63 bits per heavy atom. The number of amides is 1. The predicted octanol–water partition coefficient (Wildman–Crippen LogP) is 0.463. The van der Waals surface area contributed by atoms with Crippen molar-refractivity contribution in [2.24, 2.45) is 0 Å². The second kappa shape index (κ2) is 10.8. The lowest BCUT2D eigenvalue weighted by Gasteiger charge is -2.30. The molecule has 1 amide bonds. The molecule has 2 aliphatic heterocycles. The molecule has 1 aromatic heterocycles. The van der Waals surface area contributed by atoms with E-state index in [-0.39, 0.29) is 5.57 Å². The van der Waals surface area contributed by atoms with E-state index in [0.29, 0.717) is 40.6 Å². The molecular weight excluding hydrogens is 470 g/mol. The van der Waals surface area contributed by atoms with Gasteiger partial charge < -0.3 is 29.1 Å². The summed E-state index contributed by atoms with van der Waals surface area (Å²) >= 11 is 1.23. The minimum Gasteiger partial charge on any atom is -0.868 e. The summed E-state index contributed by atoms with van der Waals surface area (Å²) in [4.78, 5) is 34.6. The summed E-state index contributed by atoms with van der Waals surface area (Å²) in [6, 6.07) is 4.33. The standard InChI is InChI=1S/C25H31N3O6S/c1-15-24(35-16(2)26-15)22(29)20-21(18-14-17(32-3)6-7-19(18)33-4)28(25(31)23(20)30)9-5-8-27-10-12-34-13-11-27/h6-7,14,21,30H,5,8-13H2,1-4H3. The fraction of sp³-hybridized carbons (Fsp3) is 0.480. The third-order valence-corrected chi connectivity index (χ3v) is 7.57. The van der Waals surface area contributed by atoms with Crippen molar-refractivity contribution < 1.29 is 33.8 Å². The monoisotopic (exact) mass is 501 g/mol. The van der Waals surface area contributed by atoms with Crippen LogP contribution in [0.5, 0.6) is 11.5 Å². The van der Waals surface area contributed by atoms with Gasteiger partial charge in [0.05, 0.1) is 55.6 Å². The maximum absolute atomic E-state index is 13.7. The smallest absolute Gasteiger partial charge is 0.239 e. The van der Waals surface area contributed by atoms with Gasteiger partial charge in [0.2, 0.25) is 11.7 Å². The molecule has 2 aliphatic rings. The average Bonchev–Trinajstić information content (AvgIpc) is 3.34. The van der Waals surface area contributed by atoms with Crippen molar-refractivity contribution in [1.29, 1.82) is 0 Å². The van der Waals surface area contributed by atoms with E-state index in [4.69, 9.17) is 14.2 Å². The number of thiazole rings is 1. The largest absolute Gasteiger partial charge is 0.868 e. The maximum atomic E-state index is 13.7. The highest BCUT2D eigenvalue weighted by atomic mass is 32.1. The quantitative estimate of drug-likeness (QED) is 0.498. The number of nitrogens with one attached hydrogen (secondary N) is 1. The van der Waals surface area contributed by atoms with Crippen molar-refractivity contribution in [3.05, 3.63) is 50.7 Å². The Hall–Kier alpha value is -2.95. The van der Waals surface area contributed by atoms with Gasteiger partial charge in [-0.2, -0.15) is 0 Å². The number of hydrogen-bond acceptors (Lipinski definition) is 8. The minimum atomic E-state index is -0.867. The van der Waals surface area contributed by atoms with Gasteiger partial charge in [-0.1, -0.05) is 0 Å². The van der Waals surface area contributed by atoms with Crippen molar-refractivity contribution in [2.45, 2.75) is 26.3 Å². The van der Waals surface area contributed by atoms with E-state index < -0.39 is 23.5 Å². The average molecular weight is 502 g/mol. The fourth-order valence-electron chi connectivity index (χ4n) is 4.75. The lowest BCUT2D eigenvalue weighted by atomic mass is 9.94. The summed E-state index contributed by atoms with van der Waals surface area (Å²) in [5, 5.41) is 14.0. The number of aromatic nitrogens is 1. The number of ketones is 1. The number of ether oxygens (including phenoxy) is 3. The molecule has 1 saturated heterocycles. The highest BCUT2D eigenvalue weighted by Crippen LogP contribution is 2.43. The van der Waals surface area contributed by atoms with Crippen LogP contribution in [0.3, 0.4) is 0 Å². The SMILES string of the molecule is COc1ccc(OC)c(C2C(C(=O)c3sc(C)nc3C)=C([O-])C(=O)N2CCC[NH+]2CCOCC2)c1. The number of carbonyl (C=O) groups is 2. The van der Waals surface area contributed by atoms with Gasteiger partial charge in [0.15, 0.2) is 0 Å². The zero-order valence-electron chi connectivity index (χ0n) is 20.5. The number of hydrogen-bond donors (Lipinski definition) is 1. The van der Waals surface area contributed by atoms with Crippen molar-refractivity contribution in [3.63, 3.8) is 0 Å². The van der Waals surface area contributed by atoms with Gasteiger partial charge in [-0.25, -0.2) is 4.98 Å². The summed E-state index contributed by atoms with van der Waals surface area (Å²) in [6.07, 6.45) is 0.692. The van der Waals surface area contributed by atoms with Crippen LogP contribution in [0.4, 0.5) is 0 Å². The van der Waals surface area contributed by atoms with Gasteiger partial charge in [-0.05, 0) is 37.8 Å². The van der Waals surface area contributed by atoms with Crippen LogP contribution in [0, 0.1) is 13.8 Å². The highest BCUT2D eigenvalue weighted by Gasteiger charge is 2.41. The molecule has 10 heteroatoms. The van der Waals surface area contributed by atoms with Crippen molar-refractivity contribution in [2.75, 3.05) is 53.6 Å². The van der Waals surface area contributed by atoms with Crippen LogP contribution in [0.2, 0.25) is 0 Å². The molecule has 2 aromatic rings. The second-order valence-corrected chi connectivity index (χ2v) is 9.90. The maximum Gasteiger partial charge on any atom is 0.239 e. The number of benzene rings is 1. The van der Waals surface area contributed by atoms with Gasteiger partial charge in [0.25, 0.3) is 0 Å². The van der Waals surface area contributed by atoms with E-state index in [9.17, 15) is 14.7 Å². The zero-order valence-corrected chi connectivity index (χ0v) is 21.3. The lowest BCUT2D eigenvalue weighted by Crippen LogP contribution is -3.14. The van der Waals surface area contributed by atoms with Crippen LogP contribution >= 0.6 is 11.3 Å². The van der Waals surface area contributed by atoms with Crippen LogP contribution in [0.1, 0.15) is 38.4 Å². The Balaban J connectivity index is 1.72. The molecule has 1 unspecified atom stereocenters. The molecule has 4 rings (SSSR count). The van der Waals surface area contributed by atoms with E-state index in [0.717, 1.165) is 37.9 Å². The molecule has 1 atom stereocenters. The second-order valence-electron chi connectivity index (χ2n) is 8.69. The summed E-state index contributed by atoms with van der Waals surface area (Å²) in [6.45, 7) is 8.02. The topological polar surface area (TPSA) is 105 Å². The fourth-order valence-corrected chi connectivity index (χ4v) is 5.63. The number of methoxy groups -OCH3 is 2. The molecule has 1 N–H and O–H groups in total. The molecule has 0 aliphatic carbocycles. The van der Waals surface area contributed by atoms with Crippen LogP contribution in [-0.2, 0) is 9.53 Å². The summed E-state index contributed by atoms with van der Waals surface area (Å²) in [5.74, 6) is -0.873. The first-order valence-corrected chi connectivity index (χ1v) is 12.5. The van der Waals surface area contributed by atoms with Gasteiger partial charge in [0, 0.05) is 24.1 Å².